The van der Waals surface area contributed by atoms with E-state index in [1.54, 1.807) is 0 Å². The molecule has 2 rings (SSSR count). The zero-order chi connectivity index (χ0) is 10.6. The van der Waals surface area contributed by atoms with Crippen molar-refractivity contribution in [3.63, 3.8) is 0 Å². The molecule has 1 aliphatic carbocycles. The summed E-state index contributed by atoms with van der Waals surface area (Å²) in [6.07, 6.45) is 3.25. The number of hydrogen-bond donors (Lipinski definition) is 0. The molecule has 1 heterocycles. The molecular weight excluding hydrogens is 176 g/mol. The maximum absolute atomic E-state index is 11.2. The summed E-state index contributed by atoms with van der Waals surface area (Å²) in [4.78, 5) is 11.2. The monoisotopic (exact) mass is 196 g/mol. The van der Waals surface area contributed by atoms with Crippen LogP contribution in [0, 0.1) is 5.41 Å². The lowest BCUT2D eigenvalue weighted by atomic mass is 9.54. The Bertz CT molecular complexity index is 266. The van der Waals surface area contributed by atoms with E-state index < -0.39 is 0 Å². The lowest BCUT2D eigenvalue weighted by molar-refractivity contribution is -0.362. The molecule has 1 saturated heterocycles. The van der Waals surface area contributed by atoms with E-state index in [1.165, 1.54) is 0 Å². The van der Waals surface area contributed by atoms with Gasteiger partial charge in [-0.3, -0.25) is 4.79 Å². The van der Waals surface area contributed by atoms with Gasteiger partial charge in [-0.25, -0.2) is 0 Å². The molecule has 0 unspecified atom stereocenters. The first kappa shape index (κ1) is 10.2. The third-order valence-corrected chi connectivity index (χ3v) is 4.71. The Morgan fingerprint density at radius 2 is 1.57 bits per heavy atom. The topological polar surface area (TPSA) is 26.3 Å². The molecule has 1 saturated carbocycles. The number of rotatable bonds is 0. The molecule has 0 aromatic rings. The number of Topliss-reactive ketones (excluding diaryl/α,β-unsaturated/α-hetero) is 1. The Hall–Kier alpha value is -0.370. The van der Waals surface area contributed by atoms with Crippen LogP contribution in [0.4, 0.5) is 0 Å². The van der Waals surface area contributed by atoms with E-state index >= 15 is 0 Å². The fraction of sp³-hybridized carbons (Fsp3) is 0.917. The number of carbonyl (C=O) groups excluding carboxylic acids is 1. The first-order valence-electron chi connectivity index (χ1n) is 5.53. The SMILES string of the molecule is CC1(C)OC2(CCC(=O)CC2)C1(C)C. The molecule has 0 bridgehead atoms. The lowest BCUT2D eigenvalue weighted by Gasteiger charge is -2.67. The summed E-state index contributed by atoms with van der Waals surface area (Å²) in [7, 11) is 0. The number of ether oxygens (including phenoxy) is 1. The van der Waals surface area contributed by atoms with Crippen molar-refractivity contribution in [1.29, 1.82) is 0 Å². The first-order chi connectivity index (χ1) is 6.31. The Labute approximate surface area is 86.0 Å². The predicted octanol–water partition coefficient (Wildman–Crippen LogP) is 2.70. The summed E-state index contributed by atoms with van der Waals surface area (Å²) >= 11 is 0. The summed E-state index contributed by atoms with van der Waals surface area (Å²) in [5.74, 6) is 0.403. The van der Waals surface area contributed by atoms with Gasteiger partial charge in [-0.05, 0) is 26.7 Å². The minimum absolute atomic E-state index is 0.00951. The Morgan fingerprint density at radius 1 is 1.07 bits per heavy atom. The normalized spacial score (nSPS) is 32.7. The van der Waals surface area contributed by atoms with Crippen molar-refractivity contribution in [2.75, 3.05) is 0 Å². The van der Waals surface area contributed by atoms with Crippen molar-refractivity contribution in [3.05, 3.63) is 0 Å². The molecule has 14 heavy (non-hydrogen) atoms. The van der Waals surface area contributed by atoms with Crippen LogP contribution in [0.5, 0.6) is 0 Å². The summed E-state index contributed by atoms with van der Waals surface area (Å²) in [6, 6.07) is 0. The quantitative estimate of drug-likeness (QED) is 0.595. The van der Waals surface area contributed by atoms with Gasteiger partial charge in [0.2, 0.25) is 0 Å². The van der Waals surface area contributed by atoms with Crippen molar-refractivity contribution in [2.45, 2.75) is 64.6 Å². The molecule has 0 aromatic carbocycles. The van der Waals surface area contributed by atoms with Gasteiger partial charge in [0.1, 0.15) is 5.78 Å². The Balaban J connectivity index is 2.18. The second-order valence-corrected chi connectivity index (χ2v) is 5.77. The molecule has 2 fully saturated rings. The van der Waals surface area contributed by atoms with E-state index in [0.717, 1.165) is 12.8 Å². The van der Waals surface area contributed by atoms with Gasteiger partial charge < -0.3 is 4.74 Å². The van der Waals surface area contributed by atoms with E-state index in [-0.39, 0.29) is 16.6 Å². The van der Waals surface area contributed by atoms with E-state index in [4.69, 9.17) is 4.74 Å². The molecule has 1 spiro atoms. The molecule has 2 nitrogen and oxygen atoms in total. The minimum Gasteiger partial charge on any atom is -0.368 e. The second-order valence-electron chi connectivity index (χ2n) is 5.77. The van der Waals surface area contributed by atoms with Crippen LogP contribution in [0.15, 0.2) is 0 Å². The highest BCUT2D eigenvalue weighted by molar-refractivity contribution is 5.79. The zero-order valence-electron chi connectivity index (χ0n) is 9.64. The van der Waals surface area contributed by atoms with Gasteiger partial charge in [0.25, 0.3) is 0 Å². The molecule has 0 atom stereocenters. The standard InChI is InChI=1S/C12H20O2/c1-10(2)11(3,4)14-12(10)7-5-9(13)6-8-12/h5-8H2,1-4H3. The van der Waals surface area contributed by atoms with E-state index in [2.05, 4.69) is 27.7 Å². The van der Waals surface area contributed by atoms with Crippen LogP contribution < -0.4 is 0 Å². The van der Waals surface area contributed by atoms with Crippen LogP contribution >= 0.6 is 0 Å². The van der Waals surface area contributed by atoms with Gasteiger partial charge in [-0.2, -0.15) is 0 Å². The molecule has 2 heteroatoms. The summed E-state index contributed by atoms with van der Waals surface area (Å²) in [6.45, 7) is 8.84. The minimum atomic E-state index is -0.0343. The largest absolute Gasteiger partial charge is 0.368 e. The van der Waals surface area contributed by atoms with Crippen molar-refractivity contribution < 1.29 is 9.53 Å². The lowest BCUT2D eigenvalue weighted by Crippen LogP contribution is -2.72. The molecular formula is C12H20O2. The fourth-order valence-electron chi connectivity index (χ4n) is 2.91. The molecule has 0 aromatic heterocycles. The average Bonchev–Trinajstić information content (AvgIpc) is 2.08. The zero-order valence-corrected chi connectivity index (χ0v) is 9.64. The summed E-state index contributed by atoms with van der Waals surface area (Å²) in [5.41, 5.74) is 0.151. The van der Waals surface area contributed by atoms with Gasteiger partial charge in [0.15, 0.2) is 0 Å². The fourth-order valence-corrected chi connectivity index (χ4v) is 2.91. The summed E-state index contributed by atoms with van der Waals surface area (Å²) < 4.78 is 6.07. The van der Waals surface area contributed by atoms with Crippen molar-refractivity contribution in [2.24, 2.45) is 5.41 Å². The van der Waals surface area contributed by atoms with Crippen LogP contribution in [0.1, 0.15) is 53.4 Å². The van der Waals surface area contributed by atoms with Gasteiger partial charge in [0, 0.05) is 18.3 Å². The van der Waals surface area contributed by atoms with Gasteiger partial charge >= 0.3 is 0 Å². The van der Waals surface area contributed by atoms with Crippen molar-refractivity contribution >= 4 is 5.78 Å². The van der Waals surface area contributed by atoms with Gasteiger partial charge in [0.05, 0.1) is 11.2 Å². The van der Waals surface area contributed by atoms with Crippen LogP contribution in [-0.2, 0) is 9.53 Å². The maximum atomic E-state index is 11.2. The molecule has 1 aliphatic heterocycles. The van der Waals surface area contributed by atoms with Crippen LogP contribution in [0.25, 0.3) is 0 Å². The predicted molar refractivity (Wildman–Crippen MR) is 55.2 cm³/mol. The van der Waals surface area contributed by atoms with E-state index in [0.29, 0.717) is 18.6 Å². The molecule has 2 aliphatic rings. The molecule has 0 radical (unpaired) electrons. The van der Waals surface area contributed by atoms with Crippen molar-refractivity contribution in [3.8, 4) is 0 Å². The number of hydrogen-bond acceptors (Lipinski definition) is 2. The number of ketones is 1. The van der Waals surface area contributed by atoms with Crippen molar-refractivity contribution in [1.82, 2.24) is 0 Å². The van der Waals surface area contributed by atoms with E-state index in [9.17, 15) is 4.79 Å². The molecule has 80 valence electrons. The summed E-state index contributed by atoms with van der Waals surface area (Å²) in [5, 5.41) is 0. The van der Waals surface area contributed by atoms with Gasteiger partial charge in [-0.15, -0.1) is 0 Å². The maximum Gasteiger partial charge on any atom is 0.133 e. The second kappa shape index (κ2) is 2.60. The van der Waals surface area contributed by atoms with Crippen LogP contribution in [0.2, 0.25) is 0 Å². The van der Waals surface area contributed by atoms with Gasteiger partial charge in [-0.1, -0.05) is 13.8 Å². The smallest absolute Gasteiger partial charge is 0.133 e. The third-order valence-electron chi connectivity index (χ3n) is 4.71. The Morgan fingerprint density at radius 3 is 1.93 bits per heavy atom. The van der Waals surface area contributed by atoms with E-state index in [1.807, 2.05) is 0 Å². The highest BCUT2D eigenvalue weighted by Gasteiger charge is 2.66. The highest BCUT2D eigenvalue weighted by Crippen LogP contribution is 2.61. The van der Waals surface area contributed by atoms with Crippen LogP contribution in [-0.4, -0.2) is 17.0 Å². The number of carbonyl (C=O) groups is 1. The average molecular weight is 196 g/mol. The molecule has 0 amide bonds. The van der Waals surface area contributed by atoms with Crippen LogP contribution in [0.3, 0.4) is 0 Å². The molecule has 0 N–H and O–H groups in total. The first-order valence-corrected chi connectivity index (χ1v) is 5.53. The Kier molecular flexibility index (Phi) is 1.89. The highest BCUT2D eigenvalue weighted by atomic mass is 16.6. The third kappa shape index (κ3) is 1.04.